The van der Waals surface area contributed by atoms with E-state index >= 15 is 0 Å². The van der Waals surface area contributed by atoms with E-state index in [2.05, 4.69) is 33.9 Å². The molecule has 1 fully saturated rings. The molecule has 1 rings (SSSR count). The minimum Gasteiger partial charge on any atom is -0.480 e. The van der Waals surface area contributed by atoms with E-state index in [9.17, 15) is 14.9 Å². The Hall–Kier alpha value is -0.368. The molecule has 0 aliphatic carbocycles. The highest BCUT2D eigenvalue weighted by Gasteiger charge is 2.45. The Morgan fingerprint density at radius 1 is 1.42 bits per heavy atom. The zero-order valence-corrected chi connectivity index (χ0v) is 13.8. The van der Waals surface area contributed by atoms with Crippen LogP contribution in [0.2, 0.25) is 25.0 Å². The molecule has 1 aliphatic heterocycles. The second-order valence-corrected chi connectivity index (χ2v) is 11.7. The summed E-state index contributed by atoms with van der Waals surface area (Å²) < 4.78 is 6.25. The second-order valence-electron chi connectivity index (χ2n) is 6.92. The van der Waals surface area contributed by atoms with Gasteiger partial charge < -0.3 is 19.4 Å². The third-order valence-corrected chi connectivity index (χ3v) is 8.87. The largest absolute Gasteiger partial charge is 0.480 e. The van der Waals surface area contributed by atoms with Crippen molar-refractivity contribution >= 4 is 21.3 Å². The van der Waals surface area contributed by atoms with Crippen molar-refractivity contribution in [2.45, 2.75) is 64.3 Å². The number of nitrogens with zero attached hydrogens (tertiary/aromatic N) is 1. The van der Waals surface area contributed by atoms with E-state index in [0.29, 0.717) is 13.0 Å². The topological polar surface area (TPSA) is 70.0 Å². The summed E-state index contributed by atoms with van der Waals surface area (Å²) in [5.41, 5.74) is 0. The molecule has 0 amide bonds. The Morgan fingerprint density at radius 2 is 1.95 bits per heavy atom. The maximum absolute atomic E-state index is 11.2. The number of hydrogen-bond donors (Lipinski definition) is 2. The zero-order valence-electron chi connectivity index (χ0n) is 12.8. The third kappa shape index (κ3) is 3.81. The summed E-state index contributed by atoms with van der Waals surface area (Å²) in [4.78, 5) is 12.8. The summed E-state index contributed by atoms with van der Waals surface area (Å²) in [5, 5.41) is 19.0. The SMILES string of the molecule is CB(O)N1C[C@@H](O[Si](C)(C)C(C)(C)C)C[C@H]1C(=O)O. The van der Waals surface area contributed by atoms with Crippen molar-refractivity contribution in [2.24, 2.45) is 0 Å². The van der Waals surface area contributed by atoms with Gasteiger partial charge in [-0.2, -0.15) is 0 Å². The highest BCUT2D eigenvalue weighted by molar-refractivity contribution is 6.74. The average Bonchev–Trinajstić information content (AvgIpc) is 2.59. The van der Waals surface area contributed by atoms with Crippen molar-refractivity contribution in [1.29, 1.82) is 0 Å². The minimum atomic E-state index is -1.90. The van der Waals surface area contributed by atoms with E-state index in [0.717, 1.165) is 0 Å². The standard InChI is InChI=1S/C12H26BNO4Si/c1-12(2,3)19(5,6)18-9-7-10(11(15)16)14(8-9)13(4)17/h9-10,17H,7-8H2,1-6H3,(H,15,16)/t9-,10-/m0/s1. The van der Waals surface area contributed by atoms with Gasteiger partial charge in [0.15, 0.2) is 8.32 Å². The predicted octanol–water partition coefficient (Wildman–Crippen LogP) is 1.65. The molecular formula is C12H26BNO4Si. The first-order valence-corrected chi connectivity index (χ1v) is 9.71. The van der Waals surface area contributed by atoms with Gasteiger partial charge >= 0.3 is 13.0 Å². The smallest absolute Gasteiger partial charge is 0.377 e. The molecule has 2 atom stereocenters. The second kappa shape index (κ2) is 5.55. The predicted molar refractivity (Wildman–Crippen MR) is 78.7 cm³/mol. The normalized spacial score (nSPS) is 25.6. The maximum Gasteiger partial charge on any atom is 0.377 e. The fourth-order valence-electron chi connectivity index (χ4n) is 2.16. The first-order chi connectivity index (χ1) is 8.45. The third-order valence-electron chi connectivity index (χ3n) is 4.33. The number of carboxylic acid groups (broad SMARTS) is 1. The monoisotopic (exact) mass is 287 g/mol. The summed E-state index contributed by atoms with van der Waals surface area (Å²) in [5.74, 6) is -0.887. The summed E-state index contributed by atoms with van der Waals surface area (Å²) in [7, 11) is -2.66. The molecule has 5 nitrogen and oxygen atoms in total. The molecule has 2 N–H and O–H groups in total. The van der Waals surface area contributed by atoms with Crippen LogP contribution in [0.1, 0.15) is 27.2 Å². The molecule has 1 heterocycles. The number of hydrogen-bond acceptors (Lipinski definition) is 4. The molecule has 0 bridgehead atoms. The Balaban J connectivity index is 2.76. The lowest BCUT2D eigenvalue weighted by Crippen LogP contribution is -2.46. The minimum absolute atomic E-state index is 0.100. The molecule has 0 aromatic rings. The molecular weight excluding hydrogens is 261 g/mol. The summed E-state index contributed by atoms with van der Waals surface area (Å²) in [6.45, 7) is 12.9. The number of aliphatic carboxylic acids is 1. The molecule has 7 heteroatoms. The van der Waals surface area contributed by atoms with Crippen LogP contribution in [0.15, 0.2) is 0 Å². The average molecular weight is 287 g/mol. The van der Waals surface area contributed by atoms with Gasteiger partial charge in [0.05, 0.1) is 6.10 Å². The van der Waals surface area contributed by atoms with Gasteiger partial charge in [-0.05, 0) is 31.4 Å². The van der Waals surface area contributed by atoms with Gasteiger partial charge in [-0.1, -0.05) is 20.8 Å². The summed E-state index contributed by atoms with van der Waals surface area (Å²) in [6.07, 6.45) is 0.351. The lowest BCUT2D eigenvalue weighted by Gasteiger charge is -2.38. The zero-order chi connectivity index (χ0) is 15.0. The molecule has 0 spiro atoms. The van der Waals surface area contributed by atoms with Crippen molar-refractivity contribution in [2.75, 3.05) is 6.54 Å². The van der Waals surface area contributed by atoms with E-state index in [1.807, 2.05) is 0 Å². The molecule has 1 saturated heterocycles. The van der Waals surface area contributed by atoms with Crippen molar-refractivity contribution in [3.63, 3.8) is 0 Å². The van der Waals surface area contributed by atoms with Gasteiger partial charge in [-0.3, -0.25) is 4.79 Å². The maximum atomic E-state index is 11.2. The van der Waals surface area contributed by atoms with Gasteiger partial charge in [0, 0.05) is 6.54 Å². The van der Waals surface area contributed by atoms with Gasteiger partial charge in [0.25, 0.3) is 0 Å². The van der Waals surface area contributed by atoms with Crippen LogP contribution in [0.3, 0.4) is 0 Å². The fourth-order valence-corrected chi connectivity index (χ4v) is 3.51. The van der Waals surface area contributed by atoms with Gasteiger partial charge in [-0.25, -0.2) is 0 Å². The van der Waals surface area contributed by atoms with Crippen LogP contribution in [0, 0.1) is 0 Å². The fraction of sp³-hybridized carbons (Fsp3) is 0.917. The van der Waals surface area contributed by atoms with Crippen LogP contribution < -0.4 is 0 Å². The number of carbonyl (C=O) groups is 1. The van der Waals surface area contributed by atoms with Crippen LogP contribution in [0.5, 0.6) is 0 Å². The first-order valence-electron chi connectivity index (χ1n) is 6.80. The van der Waals surface area contributed by atoms with Gasteiger partial charge in [0.1, 0.15) is 6.04 Å². The number of rotatable bonds is 4. The highest BCUT2D eigenvalue weighted by atomic mass is 28.4. The molecule has 110 valence electrons. The van der Waals surface area contributed by atoms with Crippen molar-refractivity contribution in [1.82, 2.24) is 4.81 Å². The van der Waals surface area contributed by atoms with E-state index < -0.39 is 27.4 Å². The molecule has 0 aromatic heterocycles. The summed E-state index contributed by atoms with van der Waals surface area (Å²) >= 11 is 0. The molecule has 1 aliphatic rings. The van der Waals surface area contributed by atoms with Gasteiger partial charge in [-0.15, -0.1) is 0 Å². The van der Waals surface area contributed by atoms with Crippen LogP contribution >= 0.6 is 0 Å². The van der Waals surface area contributed by atoms with Crippen LogP contribution in [-0.4, -0.2) is 55.0 Å². The van der Waals surface area contributed by atoms with Gasteiger partial charge in [0.2, 0.25) is 0 Å². The Morgan fingerprint density at radius 3 is 2.26 bits per heavy atom. The molecule has 0 radical (unpaired) electrons. The highest BCUT2D eigenvalue weighted by Crippen LogP contribution is 2.38. The van der Waals surface area contributed by atoms with Crippen LogP contribution in [-0.2, 0) is 9.22 Å². The van der Waals surface area contributed by atoms with Crippen LogP contribution in [0.4, 0.5) is 0 Å². The molecule has 0 unspecified atom stereocenters. The van der Waals surface area contributed by atoms with Crippen molar-refractivity contribution < 1.29 is 19.4 Å². The van der Waals surface area contributed by atoms with Crippen LogP contribution in [0.25, 0.3) is 0 Å². The molecule has 0 aromatic carbocycles. The Labute approximate surface area is 117 Å². The van der Waals surface area contributed by atoms with E-state index in [-0.39, 0.29) is 11.1 Å². The lowest BCUT2D eigenvalue weighted by atomic mass is 9.84. The van der Waals surface area contributed by atoms with Crippen molar-refractivity contribution in [3.8, 4) is 0 Å². The lowest BCUT2D eigenvalue weighted by molar-refractivity contribution is -0.141. The Bertz CT molecular complexity index is 343. The van der Waals surface area contributed by atoms with Crippen molar-refractivity contribution in [3.05, 3.63) is 0 Å². The Kier molecular flexibility index (Phi) is 4.88. The quantitative estimate of drug-likeness (QED) is 0.769. The van der Waals surface area contributed by atoms with E-state index in [4.69, 9.17) is 4.43 Å². The molecule has 0 saturated carbocycles. The van der Waals surface area contributed by atoms with E-state index in [1.54, 1.807) is 11.6 Å². The summed E-state index contributed by atoms with van der Waals surface area (Å²) in [6, 6.07) is -0.644. The number of carboxylic acids is 1. The first kappa shape index (κ1) is 16.7. The van der Waals surface area contributed by atoms with E-state index in [1.165, 1.54) is 0 Å². The molecule has 19 heavy (non-hydrogen) atoms.